The summed E-state index contributed by atoms with van der Waals surface area (Å²) in [4.78, 5) is 24.3. The zero-order valence-electron chi connectivity index (χ0n) is 12.1. The number of nitriles is 1. The van der Waals surface area contributed by atoms with Gasteiger partial charge in [-0.15, -0.1) is 0 Å². The Balaban J connectivity index is 4.51. The standard InChI is InChI=1S/C13H23N3O4/c1-3-5-11(10-12(17)18)15-13(19)16(7-4-6-14)8-9-20-2/h11H,3-5,7-10H2,1-2H3,(H,15,19)(H,17,18). The zero-order chi connectivity index (χ0) is 15.4. The number of methoxy groups -OCH3 is 1. The van der Waals surface area contributed by atoms with E-state index in [1.807, 2.05) is 13.0 Å². The van der Waals surface area contributed by atoms with Gasteiger partial charge in [-0.05, 0) is 6.42 Å². The number of nitrogens with one attached hydrogen (secondary N) is 1. The summed E-state index contributed by atoms with van der Waals surface area (Å²) in [6, 6.07) is 1.24. The van der Waals surface area contributed by atoms with Gasteiger partial charge in [-0.2, -0.15) is 5.26 Å². The van der Waals surface area contributed by atoms with Crippen LogP contribution in [-0.2, 0) is 9.53 Å². The second-order valence-electron chi connectivity index (χ2n) is 4.42. The molecule has 0 radical (unpaired) electrons. The van der Waals surface area contributed by atoms with Gasteiger partial charge in [-0.3, -0.25) is 4.79 Å². The maximum atomic E-state index is 12.1. The molecule has 1 unspecified atom stereocenters. The molecule has 2 N–H and O–H groups in total. The van der Waals surface area contributed by atoms with E-state index in [0.717, 1.165) is 6.42 Å². The number of hydrogen-bond donors (Lipinski definition) is 2. The first-order valence-corrected chi connectivity index (χ1v) is 6.68. The van der Waals surface area contributed by atoms with E-state index in [2.05, 4.69) is 5.32 Å². The van der Waals surface area contributed by atoms with Gasteiger partial charge in [0, 0.05) is 26.2 Å². The Bertz CT molecular complexity index is 341. The molecular weight excluding hydrogens is 262 g/mol. The van der Waals surface area contributed by atoms with Crippen molar-refractivity contribution in [2.24, 2.45) is 0 Å². The van der Waals surface area contributed by atoms with E-state index in [-0.39, 0.29) is 18.9 Å². The summed E-state index contributed by atoms with van der Waals surface area (Å²) in [6.45, 7) is 2.98. The van der Waals surface area contributed by atoms with Gasteiger partial charge in [0.25, 0.3) is 0 Å². The smallest absolute Gasteiger partial charge is 0.317 e. The molecule has 7 nitrogen and oxygen atoms in total. The molecule has 0 heterocycles. The summed E-state index contributed by atoms with van der Waals surface area (Å²) in [6.07, 6.45) is 1.52. The largest absolute Gasteiger partial charge is 0.481 e. The van der Waals surface area contributed by atoms with Crippen molar-refractivity contribution in [1.82, 2.24) is 10.2 Å². The molecule has 0 spiro atoms. The number of carbonyl (C=O) groups is 2. The minimum absolute atomic E-state index is 0.101. The predicted octanol–water partition coefficient (Wildman–Crippen LogP) is 1.20. The van der Waals surface area contributed by atoms with Gasteiger partial charge in [0.1, 0.15) is 0 Å². The van der Waals surface area contributed by atoms with Crippen molar-refractivity contribution in [3.05, 3.63) is 0 Å². The SMILES string of the molecule is CCCC(CC(=O)O)NC(=O)N(CCC#N)CCOC. The van der Waals surface area contributed by atoms with Crippen LogP contribution in [0.25, 0.3) is 0 Å². The Morgan fingerprint density at radius 2 is 2.15 bits per heavy atom. The van der Waals surface area contributed by atoms with Crippen LogP contribution in [0.5, 0.6) is 0 Å². The van der Waals surface area contributed by atoms with Gasteiger partial charge < -0.3 is 20.1 Å². The van der Waals surface area contributed by atoms with Gasteiger partial charge in [0.2, 0.25) is 0 Å². The van der Waals surface area contributed by atoms with E-state index in [1.165, 1.54) is 12.0 Å². The molecule has 0 aliphatic carbocycles. The van der Waals surface area contributed by atoms with Crippen LogP contribution in [0.15, 0.2) is 0 Å². The molecule has 0 aromatic rings. The van der Waals surface area contributed by atoms with Crippen molar-refractivity contribution in [2.45, 2.75) is 38.6 Å². The monoisotopic (exact) mass is 285 g/mol. The average molecular weight is 285 g/mol. The molecule has 0 rings (SSSR count). The first-order chi connectivity index (χ1) is 9.54. The lowest BCUT2D eigenvalue weighted by atomic mass is 10.1. The van der Waals surface area contributed by atoms with Crippen molar-refractivity contribution in [3.63, 3.8) is 0 Å². The van der Waals surface area contributed by atoms with Crippen LogP contribution in [0.2, 0.25) is 0 Å². The zero-order valence-corrected chi connectivity index (χ0v) is 12.1. The number of hydrogen-bond acceptors (Lipinski definition) is 4. The van der Waals surface area contributed by atoms with Gasteiger partial charge in [0.05, 0.1) is 25.5 Å². The lowest BCUT2D eigenvalue weighted by molar-refractivity contribution is -0.137. The Labute approximate surface area is 119 Å². The maximum Gasteiger partial charge on any atom is 0.317 e. The van der Waals surface area contributed by atoms with Gasteiger partial charge in [-0.1, -0.05) is 13.3 Å². The van der Waals surface area contributed by atoms with Crippen LogP contribution < -0.4 is 5.32 Å². The molecule has 1 atom stereocenters. The van der Waals surface area contributed by atoms with Crippen molar-refractivity contribution in [1.29, 1.82) is 5.26 Å². The number of ether oxygens (including phenoxy) is 1. The number of amides is 2. The highest BCUT2D eigenvalue weighted by molar-refractivity contribution is 5.76. The summed E-state index contributed by atoms with van der Waals surface area (Å²) < 4.78 is 4.92. The molecule has 0 saturated heterocycles. The molecular formula is C13H23N3O4. The number of carbonyl (C=O) groups excluding carboxylic acids is 1. The van der Waals surface area contributed by atoms with E-state index in [9.17, 15) is 9.59 Å². The second kappa shape index (κ2) is 11.1. The molecule has 0 aromatic carbocycles. The number of carboxylic acid groups (broad SMARTS) is 1. The number of nitrogens with zero attached hydrogens (tertiary/aromatic N) is 2. The van der Waals surface area contributed by atoms with E-state index in [4.69, 9.17) is 15.1 Å². The third kappa shape index (κ3) is 8.32. The Kier molecular flexibility index (Phi) is 10.1. The minimum Gasteiger partial charge on any atom is -0.481 e. The number of urea groups is 1. The first-order valence-electron chi connectivity index (χ1n) is 6.68. The molecule has 2 amide bonds. The first kappa shape index (κ1) is 18.2. The fourth-order valence-corrected chi connectivity index (χ4v) is 1.75. The molecule has 114 valence electrons. The fraction of sp³-hybridized carbons (Fsp3) is 0.769. The third-order valence-corrected chi connectivity index (χ3v) is 2.73. The summed E-state index contributed by atoms with van der Waals surface area (Å²) in [5.41, 5.74) is 0. The molecule has 0 aromatic heterocycles. The van der Waals surface area contributed by atoms with Crippen LogP contribution in [0.1, 0.15) is 32.6 Å². The lowest BCUT2D eigenvalue weighted by Crippen LogP contribution is -2.47. The molecule has 0 bridgehead atoms. The van der Waals surface area contributed by atoms with Crippen molar-refractivity contribution in [3.8, 4) is 6.07 Å². The van der Waals surface area contributed by atoms with Crippen molar-refractivity contribution < 1.29 is 19.4 Å². The number of aliphatic carboxylic acids is 1. The fourth-order valence-electron chi connectivity index (χ4n) is 1.75. The second-order valence-corrected chi connectivity index (χ2v) is 4.42. The van der Waals surface area contributed by atoms with Crippen LogP contribution in [0.3, 0.4) is 0 Å². The number of rotatable bonds is 10. The normalized spacial score (nSPS) is 11.4. The summed E-state index contributed by atoms with van der Waals surface area (Å²) in [5, 5.41) is 20.1. The molecule has 20 heavy (non-hydrogen) atoms. The van der Waals surface area contributed by atoms with E-state index < -0.39 is 12.0 Å². The van der Waals surface area contributed by atoms with Crippen LogP contribution >= 0.6 is 0 Å². The van der Waals surface area contributed by atoms with Gasteiger partial charge in [-0.25, -0.2) is 4.79 Å². The van der Waals surface area contributed by atoms with Crippen molar-refractivity contribution in [2.75, 3.05) is 26.8 Å². The molecule has 0 saturated carbocycles. The molecule has 0 aliphatic heterocycles. The highest BCUT2D eigenvalue weighted by Gasteiger charge is 2.19. The quantitative estimate of drug-likeness (QED) is 0.628. The molecule has 0 fully saturated rings. The Morgan fingerprint density at radius 3 is 2.65 bits per heavy atom. The molecule has 0 aliphatic rings. The van der Waals surface area contributed by atoms with E-state index in [1.54, 1.807) is 0 Å². The van der Waals surface area contributed by atoms with E-state index in [0.29, 0.717) is 26.1 Å². The summed E-state index contributed by atoms with van der Waals surface area (Å²) in [5.74, 6) is -0.941. The highest BCUT2D eigenvalue weighted by Crippen LogP contribution is 2.04. The lowest BCUT2D eigenvalue weighted by Gasteiger charge is -2.25. The van der Waals surface area contributed by atoms with Crippen molar-refractivity contribution >= 4 is 12.0 Å². The predicted molar refractivity (Wildman–Crippen MR) is 73.2 cm³/mol. The van der Waals surface area contributed by atoms with Crippen LogP contribution in [-0.4, -0.2) is 54.9 Å². The highest BCUT2D eigenvalue weighted by atomic mass is 16.5. The minimum atomic E-state index is -0.941. The third-order valence-electron chi connectivity index (χ3n) is 2.73. The Morgan fingerprint density at radius 1 is 1.45 bits per heavy atom. The average Bonchev–Trinajstić information content (AvgIpc) is 2.38. The topological polar surface area (TPSA) is 103 Å². The van der Waals surface area contributed by atoms with Crippen LogP contribution in [0, 0.1) is 11.3 Å². The summed E-state index contributed by atoms with van der Waals surface area (Å²) >= 11 is 0. The maximum absolute atomic E-state index is 12.1. The van der Waals surface area contributed by atoms with Crippen LogP contribution in [0.4, 0.5) is 4.79 Å². The van der Waals surface area contributed by atoms with Gasteiger partial charge >= 0.3 is 12.0 Å². The number of carboxylic acids is 1. The van der Waals surface area contributed by atoms with Gasteiger partial charge in [0.15, 0.2) is 0 Å². The Hall–Kier alpha value is -1.81. The summed E-state index contributed by atoms with van der Waals surface area (Å²) in [7, 11) is 1.53. The van der Waals surface area contributed by atoms with E-state index >= 15 is 0 Å². The molecule has 7 heteroatoms.